The van der Waals surface area contributed by atoms with Gasteiger partial charge in [0.25, 0.3) is 0 Å². The van der Waals surface area contributed by atoms with E-state index in [1.165, 1.54) is 0 Å². The summed E-state index contributed by atoms with van der Waals surface area (Å²) in [6.07, 6.45) is -2.41. The van der Waals surface area contributed by atoms with Crippen LogP contribution in [0.5, 0.6) is 0 Å². The molecule has 0 aromatic carbocycles. The Kier molecular flexibility index (Phi) is 5.42. The molecule has 0 saturated heterocycles. The van der Waals surface area contributed by atoms with Crippen LogP contribution in [0, 0.1) is 0 Å². The summed E-state index contributed by atoms with van der Waals surface area (Å²) < 4.78 is 4.64. The number of anilines is 1. The molecule has 20 heavy (non-hydrogen) atoms. The first kappa shape index (κ1) is 15.9. The number of aromatic carboxylic acids is 1. The van der Waals surface area contributed by atoms with E-state index in [-0.39, 0.29) is 23.6 Å². The van der Waals surface area contributed by atoms with Crippen LogP contribution in [-0.4, -0.2) is 45.0 Å². The Morgan fingerprint density at radius 2 is 2.10 bits per heavy atom. The van der Waals surface area contributed by atoms with Gasteiger partial charge in [-0.3, -0.25) is 4.79 Å². The second-order valence-electron chi connectivity index (χ2n) is 4.02. The van der Waals surface area contributed by atoms with Crippen molar-refractivity contribution in [3.8, 4) is 0 Å². The Hall–Kier alpha value is -2.19. The van der Waals surface area contributed by atoms with Gasteiger partial charge in [0, 0.05) is 11.8 Å². The molecule has 0 radical (unpaired) electrons. The summed E-state index contributed by atoms with van der Waals surface area (Å²) in [5, 5.41) is 28.5. The highest BCUT2D eigenvalue weighted by Crippen LogP contribution is 2.24. The zero-order chi connectivity index (χ0) is 15.3. The van der Waals surface area contributed by atoms with E-state index in [1.54, 1.807) is 6.92 Å². The van der Waals surface area contributed by atoms with E-state index in [9.17, 15) is 19.8 Å². The molecule has 0 aliphatic rings. The number of nitrogens with zero attached hydrogens (tertiary/aromatic N) is 1. The van der Waals surface area contributed by atoms with Gasteiger partial charge in [0.2, 0.25) is 0 Å². The number of carbonyl (C=O) groups excluding carboxylic acids is 1. The molecule has 2 unspecified atom stereocenters. The summed E-state index contributed by atoms with van der Waals surface area (Å²) in [6.45, 7) is 1.76. The summed E-state index contributed by atoms with van der Waals surface area (Å²) in [4.78, 5) is 25.7. The normalized spacial score (nSPS) is 13.6. The minimum atomic E-state index is -1.54. The maximum Gasteiger partial charge on any atom is 0.337 e. The standard InChI is InChI=1S/C12H16N2O6/c1-2-20-9(16)4-8(15)10(17)7-3-6(12(18)19)5-14-11(7)13/h3,5,8,10,15,17H,2,4H2,1H3,(H2,13,14)(H,18,19). The lowest BCUT2D eigenvalue weighted by Gasteiger charge is -2.18. The first-order valence-corrected chi connectivity index (χ1v) is 5.87. The summed E-state index contributed by atoms with van der Waals surface area (Å²) in [5.41, 5.74) is 5.29. The van der Waals surface area contributed by atoms with Gasteiger partial charge in [-0.15, -0.1) is 0 Å². The largest absolute Gasteiger partial charge is 0.478 e. The number of aromatic nitrogens is 1. The molecule has 5 N–H and O–H groups in total. The lowest BCUT2D eigenvalue weighted by atomic mass is 10.0. The summed E-state index contributed by atoms with van der Waals surface area (Å²) in [6, 6.07) is 1.10. The number of aliphatic hydroxyl groups is 2. The smallest absolute Gasteiger partial charge is 0.337 e. The number of nitrogen functional groups attached to an aromatic ring is 1. The molecule has 1 aromatic rings. The molecule has 1 heterocycles. The van der Waals surface area contributed by atoms with Gasteiger partial charge in [-0.2, -0.15) is 0 Å². The third kappa shape index (κ3) is 3.90. The van der Waals surface area contributed by atoms with Crippen LogP contribution in [0.15, 0.2) is 12.3 Å². The second-order valence-corrected chi connectivity index (χ2v) is 4.02. The van der Waals surface area contributed by atoms with E-state index in [0.717, 1.165) is 12.3 Å². The van der Waals surface area contributed by atoms with Gasteiger partial charge in [-0.1, -0.05) is 0 Å². The van der Waals surface area contributed by atoms with Gasteiger partial charge < -0.3 is 25.8 Å². The molecule has 0 fully saturated rings. The number of carbonyl (C=O) groups is 2. The van der Waals surface area contributed by atoms with Gasteiger partial charge in [0.05, 0.1) is 24.7 Å². The summed E-state index contributed by atoms with van der Waals surface area (Å²) >= 11 is 0. The summed E-state index contributed by atoms with van der Waals surface area (Å²) in [7, 11) is 0. The van der Waals surface area contributed by atoms with E-state index in [1.807, 2.05) is 0 Å². The number of pyridine rings is 1. The third-order valence-electron chi connectivity index (χ3n) is 2.56. The number of esters is 1. The molecule has 2 atom stereocenters. The average molecular weight is 284 g/mol. The Balaban J connectivity index is 2.90. The van der Waals surface area contributed by atoms with Crippen molar-refractivity contribution < 1.29 is 29.6 Å². The first-order valence-electron chi connectivity index (χ1n) is 5.87. The SMILES string of the molecule is CCOC(=O)CC(O)C(O)c1cc(C(=O)O)cnc1N. The van der Waals surface area contributed by atoms with Crippen molar-refractivity contribution in [3.63, 3.8) is 0 Å². The van der Waals surface area contributed by atoms with Crippen LogP contribution in [0.2, 0.25) is 0 Å². The molecule has 1 aromatic heterocycles. The zero-order valence-electron chi connectivity index (χ0n) is 10.8. The maximum atomic E-state index is 11.2. The quantitative estimate of drug-likeness (QED) is 0.522. The van der Waals surface area contributed by atoms with Crippen LogP contribution in [-0.2, 0) is 9.53 Å². The fourth-order valence-corrected chi connectivity index (χ4v) is 1.56. The van der Waals surface area contributed by atoms with Crippen LogP contribution in [0.25, 0.3) is 0 Å². The molecule has 8 nitrogen and oxygen atoms in total. The Morgan fingerprint density at radius 3 is 2.65 bits per heavy atom. The number of carboxylic acid groups (broad SMARTS) is 1. The lowest BCUT2D eigenvalue weighted by molar-refractivity contribution is -0.147. The second kappa shape index (κ2) is 6.83. The van der Waals surface area contributed by atoms with Crippen molar-refractivity contribution in [2.45, 2.75) is 25.6 Å². The number of aliphatic hydroxyl groups excluding tert-OH is 2. The predicted octanol–water partition coefficient (Wildman–Crippen LogP) is -0.290. The van der Waals surface area contributed by atoms with Gasteiger partial charge in [-0.05, 0) is 13.0 Å². The van der Waals surface area contributed by atoms with E-state index in [4.69, 9.17) is 10.8 Å². The fraction of sp³-hybridized carbons (Fsp3) is 0.417. The first-order chi connectivity index (χ1) is 9.36. The number of rotatable bonds is 6. The van der Waals surface area contributed by atoms with Crippen LogP contribution < -0.4 is 5.73 Å². The van der Waals surface area contributed by atoms with Crippen molar-refractivity contribution in [3.05, 3.63) is 23.4 Å². The van der Waals surface area contributed by atoms with Crippen molar-refractivity contribution in [1.29, 1.82) is 0 Å². The predicted molar refractivity (Wildman–Crippen MR) is 67.8 cm³/mol. The number of nitrogens with two attached hydrogens (primary N) is 1. The number of hydrogen-bond donors (Lipinski definition) is 4. The molecule has 0 amide bonds. The number of hydrogen-bond acceptors (Lipinski definition) is 7. The highest BCUT2D eigenvalue weighted by atomic mass is 16.5. The van der Waals surface area contributed by atoms with E-state index < -0.39 is 30.6 Å². The lowest BCUT2D eigenvalue weighted by Crippen LogP contribution is -2.24. The highest BCUT2D eigenvalue weighted by molar-refractivity contribution is 5.87. The average Bonchev–Trinajstić information content (AvgIpc) is 2.38. The Morgan fingerprint density at radius 1 is 1.45 bits per heavy atom. The highest BCUT2D eigenvalue weighted by Gasteiger charge is 2.25. The Bertz CT molecular complexity index is 505. The van der Waals surface area contributed by atoms with E-state index in [0.29, 0.717) is 0 Å². The summed E-state index contributed by atoms with van der Waals surface area (Å²) in [5.74, 6) is -2.05. The van der Waals surface area contributed by atoms with Gasteiger partial charge in [-0.25, -0.2) is 9.78 Å². The number of ether oxygens (including phenoxy) is 1. The minimum Gasteiger partial charge on any atom is -0.478 e. The molecule has 8 heteroatoms. The monoisotopic (exact) mass is 284 g/mol. The van der Waals surface area contributed by atoms with Crippen LogP contribution in [0.1, 0.15) is 35.4 Å². The van der Waals surface area contributed by atoms with Crippen molar-refractivity contribution in [2.75, 3.05) is 12.3 Å². The van der Waals surface area contributed by atoms with Crippen molar-refractivity contribution in [2.24, 2.45) is 0 Å². The topological polar surface area (TPSA) is 143 Å². The Labute approximate surface area is 114 Å². The molecule has 110 valence electrons. The molecule has 0 aliphatic heterocycles. The zero-order valence-corrected chi connectivity index (χ0v) is 10.8. The molecular formula is C12H16N2O6. The third-order valence-corrected chi connectivity index (χ3v) is 2.56. The minimum absolute atomic E-state index is 0.0540. The van der Waals surface area contributed by atoms with Crippen molar-refractivity contribution in [1.82, 2.24) is 4.98 Å². The van der Waals surface area contributed by atoms with Crippen LogP contribution >= 0.6 is 0 Å². The van der Waals surface area contributed by atoms with Crippen LogP contribution in [0.4, 0.5) is 5.82 Å². The van der Waals surface area contributed by atoms with Gasteiger partial charge >= 0.3 is 11.9 Å². The van der Waals surface area contributed by atoms with E-state index >= 15 is 0 Å². The molecule has 0 spiro atoms. The van der Waals surface area contributed by atoms with Gasteiger partial charge in [0.1, 0.15) is 11.9 Å². The van der Waals surface area contributed by atoms with Crippen molar-refractivity contribution >= 4 is 17.8 Å². The molecular weight excluding hydrogens is 268 g/mol. The molecule has 1 rings (SSSR count). The van der Waals surface area contributed by atoms with E-state index in [2.05, 4.69) is 9.72 Å². The van der Waals surface area contributed by atoms with Gasteiger partial charge in [0.15, 0.2) is 0 Å². The fourth-order valence-electron chi connectivity index (χ4n) is 1.56. The maximum absolute atomic E-state index is 11.2. The molecule has 0 bridgehead atoms. The molecule has 0 aliphatic carbocycles. The van der Waals surface area contributed by atoms with Crippen LogP contribution in [0.3, 0.4) is 0 Å². The molecule has 0 saturated carbocycles. The number of carboxylic acids is 1.